The average Bonchev–Trinajstić information content (AvgIpc) is 2.88. The maximum absolute atomic E-state index is 13.9. The average molecular weight is 440 g/mol. The lowest BCUT2D eigenvalue weighted by Crippen LogP contribution is -2.50. The zero-order valence-corrected chi connectivity index (χ0v) is 17.8. The zero-order chi connectivity index (χ0) is 22.9. The Morgan fingerprint density at radius 2 is 1.61 bits per heavy atom. The van der Waals surface area contributed by atoms with Gasteiger partial charge in [-0.2, -0.15) is 9.78 Å². The molecule has 0 radical (unpaired) electrons. The summed E-state index contributed by atoms with van der Waals surface area (Å²) in [5.74, 6) is -0.346. The molecular weight excluding hydrogens is 420 g/mol. The van der Waals surface area contributed by atoms with Crippen LogP contribution in [0.25, 0.3) is 16.5 Å². The van der Waals surface area contributed by atoms with Gasteiger partial charge in [0.2, 0.25) is 0 Å². The number of amides is 2. The molecule has 3 aromatic carbocycles. The Labute approximate surface area is 189 Å². The lowest BCUT2D eigenvalue weighted by atomic mass is 10.1. The van der Waals surface area contributed by atoms with Crippen LogP contribution in [0.4, 0.5) is 5.69 Å². The summed E-state index contributed by atoms with van der Waals surface area (Å²) >= 11 is 0. The van der Waals surface area contributed by atoms with Gasteiger partial charge in [0.1, 0.15) is 5.75 Å². The highest BCUT2D eigenvalue weighted by Crippen LogP contribution is 2.34. The van der Waals surface area contributed by atoms with Crippen LogP contribution in [0.2, 0.25) is 0 Å². The van der Waals surface area contributed by atoms with Crippen molar-refractivity contribution >= 4 is 28.3 Å². The summed E-state index contributed by atoms with van der Waals surface area (Å²) in [6, 6.07) is 22.9. The summed E-state index contributed by atoms with van der Waals surface area (Å²) < 4.78 is 7.05. The molecule has 2 amide bonds. The normalized spacial score (nSPS) is 14.9. The molecule has 0 spiro atoms. The number of nitrogens with zero attached hydrogens (tertiary/aromatic N) is 3. The first-order valence-electron chi connectivity index (χ1n) is 10.4. The summed E-state index contributed by atoms with van der Waals surface area (Å²) in [6.07, 6.45) is -0.875. The molecule has 0 saturated heterocycles. The second-order valence-electron chi connectivity index (χ2n) is 7.55. The number of aromatic nitrogens is 2. The van der Waals surface area contributed by atoms with E-state index in [0.29, 0.717) is 27.9 Å². The second kappa shape index (κ2) is 8.23. The molecular formula is C25H20N4O4. The van der Waals surface area contributed by atoms with Crippen molar-refractivity contribution in [2.75, 3.05) is 18.5 Å². The van der Waals surface area contributed by atoms with Crippen molar-refractivity contribution in [2.45, 2.75) is 6.10 Å². The van der Waals surface area contributed by atoms with Crippen molar-refractivity contribution in [2.24, 2.45) is 0 Å². The van der Waals surface area contributed by atoms with Gasteiger partial charge >= 0.3 is 0 Å². The maximum Gasteiger partial charge on any atom is 0.279 e. The number of anilines is 1. The molecule has 1 aliphatic heterocycles. The number of hydrogen-bond donors (Lipinski definition) is 1. The van der Waals surface area contributed by atoms with Crippen molar-refractivity contribution in [1.82, 2.24) is 15.1 Å². The van der Waals surface area contributed by atoms with Crippen LogP contribution in [0.3, 0.4) is 0 Å². The molecule has 4 aromatic rings. The van der Waals surface area contributed by atoms with Gasteiger partial charge in [0.15, 0.2) is 11.8 Å². The first-order valence-corrected chi connectivity index (χ1v) is 10.4. The van der Waals surface area contributed by atoms with Gasteiger partial charge in [-0.15, -0.1) is 0 Å². The minimum Gasteiger partial charge on any atom is -0.477 e. The van der Waals surface area contributed by atoms with Crippen molar-refractivity contribution in [3.8, 4) is 11.4 Å². The SMILES string of the molecule is CNC(=O)C1CN(C(=O)c2nn(-c3ccccc3)c(=O)c3ccccc23)c2ccccc2O1. The van der Waals surface area contributed by atoms with E-state index in [1.807, 2.05) is 6.07 Å². The van der Waals surface area contributed by atoms with E-state index in [0.717, 1.165) is 0 Å². The highest BCUT2D eigenvalue weighted by molar-refractivity contribution is 6.13. The minimum absolute atomic E-state index is 0.00991. The van der Waals surface area contributed by atoms with Gasteiger partial charge in [0.05, 0.1) is 23.3 Å². The van der Waals surface area contributed by atoms with E-state index in [1.165, 1.54) is 16.6 Å². The number of fused-ring (bicyclic) bond motifs is 2. The molecule has 1 aromatic heterocycles. The number of para-hydroxylation sites is 3. The predicted octanol–water partition coefficient (Wildman–Crippen LogP) is 2.54. The largest absolute Gasteiger partial charge is 0.477 e. The summed E-state index contributed by atoms with van der Waals surface area (Å²) in [6.45, 7) is 0.00991. The number of ether oxygens (including phenoxy) is 1. The zero-order valence-electron chi connectivity index (χ0n) is 17.8. The van der Waals surface area contributed by atoms with Gasteiger partial charge in [-0.25, -0.2) is 0 Å². The molecule has 5 rings (SSSR count). The molecule has 1 N–H and O–H groups in total. The summed E-state index contributed by atoms with van der Waals surface area (Å²) in [4.78, 5) is 40.9. The van der Waals surface area contributed by atoms with E-state index < -0.39 is 12.0 Å². The number of likely N-dealkylation sites (N-methyl/N-ethyl adjacent to an activating group) is 1. The Bertz CT molecular complexity index is 1430. The molecule has 0 fully saturated rings. The number of benzene rings is 3. The molecule has 164 valence electrons. The Kier molecular flexibility index (Phi) is 5.10. The molecule has 2 heterocycles. The lowest BCUT2D eigenvalue weighted by Gasteiger charge is -2.34. The van der Waals surface area contributed by atoms with E-state index in [-0.39, 0.29) is 23.7 Å². The number of carbonyl (C=O) groups is 2. The quantitative estimate of drug-likeness (QED) is 0.529. The molecule has 8 nitrogen and oxygen atoms in total. The third-order valence-electron chi connectivity index (χ3n) is 5.57. The van der Waals surface area contributed by atoms with Crippen molar-refractivity contribution < 1.29 is 14.3 Å². The summed E-state index contributed by atoms with van der Waals surface area (Å²) in [7, 11) is 1.52. The van der Waals surface area contributed by atoms with E-state index in [4.69, 9.17) is 4.74 Å². The van der Waals surface area contributed by atoms with Crippen molar-refractivity contribution in [3.05, 3.63) is 94.9 Å². The highest BCUT2D eigenvalue weighted by Gasteiger charge is 2.35. The first kappa shape index (κ1) is 20.4. The Morgan fingerprint density at radius 1 is 0.939 bits per heavy atom. The fourth-order valence-corrected chi connectivity index (χ4v) is 3.94. The van der Waals surface area contributed by atoms with E-state index in [2.05, 4.69) is 10.4 Å². The molecule has 33 heavy (non-hydrogen) atoms. The second-order valence-corrected chi connectivity index (χ2v) is 7.55. The monoisotopic (exact) mass is 440 g/mol. The van der Waals surface area contributed by atoms with E-state index >= 15 is 0 Å². The van der Waals surface area contributed by atoms with Gasteiger partial charge in [0.25, 0.3) is 17.4 Å². The van der Waals surface area contributed by atoms with Gasteiger partial charge in [-0.1, -0.05) is 48.5 Å². The first-order chi connectivity index (χ1) is 16.1. The highest BCUT2D eigenvalue weighted by atomic mass is 16.5. The van der Waals surface area contributed by atoms with Crippen LogP contribution in [-0.2, 0) is 4.79 Å². The molecule has 0 saturated carbocycles. The van der Waals surface area contributed by atoms with Crippen LogP contribution in [0.5, 0.6) is 5.75 Å². The van der Waals surface area contributed by atoms with Crippen LogP contribution in [0, 0.1) is 0 Å². The van der Waals surface area contributed by atoms with E-state index in [1.54, 1.807) is 72.8 Å². The van der Waals surface area contributed by atoms with Gasteiger partial charge in [-0.3, -0.25) is 19.3 Å². The number of carbonyl (C=O) groups excluding carboxylic acids is 2. The number of nitrogens with one attached hydrogen (secondary N) is 1. The van der Waals surface area contributed by atoms with Crippen LogP contribution in [0.15, 0.2) is 83.7 Å². The Balaban J connectivity index is 1.69. The number of rotatable bonds is 3. The van der Waals surface area contributed by atoms with Gasteiger partial charge in [-0.05, 0) is 30.3 Å². The van der Waals surface area contributed by atoms with Gasteiger partial charge in [0, 0.05) is 12.4 Å². The smallest absolute Gasteiger partial charge is 0.279 e. The Hall–Kier alpha value is -4.46. The maximum atomic E-state index is 13.9. The molecule has 0 aliphatic carbocycles. The van der Waals surface area contributed by atoms with Gasteiger partial charge < -0.3 is 10.1 Å². The molecule has 1 unspecified atom stereocenters. The molecule has 1 aliphatic rings. The van der Waals surface area contributed by atoms with Crippen LogP contribution in [-0.4, -0.2) is 41.3 Å². The third kappa shape index (κ3) is 3.51. The fourth-order valence-electron chi connectivity index (χ4n) is 3.94. The fraction of sp³-hybridized carbons (Fsp3) is 0.120. The van der Waals surface area contributed by atoms with Crippen LogP contribution >= 0.6 is 0 Å². The molecule has 8 heteroatoms. The minimum atomic E-state index is -0.875. The van der Waals surface area contributed by atoms with Crippen LogP contribution in [0.1, 0.15) is 10.5 Å². The van der Waals surface area contributed by atoms with E-state index in [9.17, 15) is 14.4 Å². The number of hydrogen-bond acceptors (Lipinski definition) is 5. The topological polar surface area (TPSA) is 93.5 Å². The van der Waals surface area contributed by atoms with Crippen molar-refractivity contribution in [1.29, 1.82) is 0 Å². The summed E-state index contributed by atoms with van der Waals surface area (Å²) in [5.41, 5.74) is 0.874. The molecule has 1 atom stereocenters. The predicted molar refractivity (Wildman–Crippen MR) is 124 cm³/mol. The van der Waals surface area contributed by atoms with Crippen LogP contribution < -0.4 is 20.5 Å². The standard InChI is InChI=1S/C25H20N4O4/c1-26-23(30)21-15-28(19-13-7-8-14-20(19)33-21)25(32)22-17-11-5-6-12-18(17)24(31)29(27-22)16-9-3-2-4-10-16/h2-14,21H,15H2,1H3,(H,26,30). The summed E-state index contributed by atoms with van der Waals surface area (Å²) in [5, 5.41) is 7.87. The molecule has 0 bridgehead atoms. The third-order valence-corrected chi connectivity index (χ3v) is 5.57. The Morgan fingerprint density at radius 3 is 2.36 bits per heavy atom. The van der Waals surface area contributed by atoms with Crippen molar-refractivity contribution in [3.63, 3.8) is 0 Å². The lowest BCUT2D eigenvalue weighted by molar-refractivity contribution is -0.127.